The molecule has 0 aliphatic carbocycles. The summed E-state index contributed by atoms with van der Waals surface area (Å²) in [7, 11) is -3.74. The second-order valence-electron chi connectivity index (χ2n) is 6.38. The average molecular weight is 397 g/mol. The van der Waals surface area contributed by atoms with E-state index < -0.39 is 9.84 Å². The van der Waals surface area contributed by atoms with Crippen molar-refractivity contribution in [3.8, 4) is 11.1 Å². The molecule has 0 atom stereocenters. The Labute approximate surface area is 161 Å². The fraction of sp³-hybridized carbons (Fsp3) is 0.0952. The SMILES string of the molecule is Cc1ccc(S(=O)(=O)c2sc3ncccc3c2-c2ccc(F)cc2)cc1C. The van der Waals surface area contributed by atoms with E-state index in [1.807, 2.05) is 26.0 Å². The number of thiophene rings is 1. The van der Waals surface area contributed by atoms with E-state index in [4.69, 9.17) is 0 Å². The van der Waals surface area contributed by atoms with Gasteiger partial charge in [-0.25, -0.2) is 17.8 Å². The van der Waals surface area contributed by atoms with Crippen molar-refractivity contribution in [2.45, 2.75) is 23.0 Å². The highest BCUT2D eigenvalue weighted by atomic mass is 32.2. The van der Waals surface area contributed by atoms with Crippen LogP contribution in [0.2, 0.25) is 0 Å². The van der Waals surface area contributed by atoms with Gasteiger partial charge in [0, 0.05) is 17.1 Å². The Kier molecular flexibility index (Phi) is 4.32. The minimum absolute atomic E-state index is 0.228. The second kappa shape index (κ2) is 6.55. The minimum Gasteiger partial charge on any atom is -0.245 e. The molecule has 6 heteroatoms. The van der Waals surface area contributed by atoms with Crippen LogP contribution in [0.4, 0.5) is 4.39 Å². The molecule has 0 saturated carbocycles. The monoisotopic (exact) mass is 397 g/mol. The van der Waals surface area contributed by atoms with Crippen LogP contribution in [0.1, 0.15) is 11.1 Å². The number of fused-ring (bicyclic) bond motifs is 1. The molecule has 3 nitrogen and oxygen atoms in total. The molecule has 2 aromatic heterocycles. The maximum absolute atomic E-state index is 13.4. The Balaban J connectivity index is 2.02. The lowest BCUT2D eigenvalue weighted by molar-refractivity contribution is 0.598. The number of benzene rings is 2. The minimum atomic E-state index is -3.74. The third-order valence-electron chi connectivity index (χ3n) is 4.60. The molecule has 2 aromatic carbocycles. The number of nitrogens with zero attached hydrogens (tertiary/aromatic N) is 1. The summed E-state index contributed by atoms with van der Waals surface area (Å²) in [6.45, 7) is 3.83. The fourth-order valence-electron chi connectivity index (χ4n) is 2.98. The Hall–Kier alpha value is -2.57. The van der Waals surface area contributed by atoms with Crippen molar-refractivity contribution in [3.05, 3.63) is 77.7 Å². The molecule has 4 rings (SSSR count). The van der Waals surface area contributed by atoms with E-state index in [9.17, 15) is 12.8 Å². The average Bonchev–Trinajstić information content (AvgIpc) is 3.05. The highest BCUT2D eigenvalue weighted by Gasteiger charge is 2.27. The lowest BCUT2D eigenvalue weighted by Gasteiger charge is -2.09. The van der Waals surface area contributed by atoms with Crippen LogP contribution in [-0.4, -0.2) is 13.4 Å². The van der Waals surface area contributed by atoms with E-state index in [-0.39, 0.29) is 14.9 Å². The first-order valence-electron chi connectivity index (χ1n) is 8.34. The number of halogens is 1. The molecule has 0 aliphatic rings. The number of sulfone groups is 1. The quantitative estimate of drug-likeness (QED) is 0.455. The molecule has 0 radical (unpaired) electrons. The van der Waals surface area contributed by atoms with Crippen molar-refractivity contribution in [2.75, 3.05) is 0 Å². The summed E-state index contributed by atoms with van der Waals surface area (Å²) < 4.78 is 40.5. The summed E-state index contributed by atoms with van der Waals surface area (Å²) in [5, 5.41) is 0.747. The van der Waals surface area contributed by atoms with Crippen LogP contribution in [0.15, 0.2) is 69.9 Å². The molecular weight excluding hydrogens is 381 g/mol. The van der Waals surface area contributed by atoms with Gasteiger partial charge >= 0.3 is 0 Å². The number of aromatic nitrogens is 1. The van der Waals surface area contributed by atoms with Crippen LogP contribution >= 0.6 is 11.3 Å². The van der Waals surface area contributed by atoms with Crippen molar-refractivity contribution < 1.29 is 12.8 Å². The molecule has 0 unspecified atom stereocenters. The molecule has 0 bridgehead atoms. The molecule has 0 amide bonds. The normalized spacial score (nSPS) is 11.8. The molecule has 0 spiro atoms. The highest BCUT2D eigenvalue weighted by Crippen LogP contribution is 2.43. The van der Waals surface area contributed by atoms with Crippen LogP contribution in [0.25, 0.3) is 21.3 Å². The predicted molar refractivity (Wildman–Crippen MR) is 106 cm³/mol. The number of hydrogen-bond acceptors (Lipinski definition) is 4. The van der Waals surface area contributed by atoms with Crippen molar-refractivity contribution in [1.82, 2.24) is 4.98 Å². The third-order valence-corrected chi connectivity index (χ3v) is 7.98. The first-order chi connectivity index (χ1) is 12.9. The van der Waals surface area contributed by atoms with Gasteiger partial charge in [0.2, 0.25) is 9.84 Å². The summed E-state index contributed by atoms with van der Waals surface area (Å²) in [5.74, 6) is -0.366. The molecule has 0 fully saturated rings. The molecule has 0 N–H and O–H groups in total. The number of pyridine rings is 1. The van der Waals surface area contributed by atoms with Crippen molar-refractivity contribution in [1.29, 1.82) is 0 Å². The molecule has 27 heavy (non-hydrogen) atoms. The Bertz CT molecular complexity index is 1260. The Morgan fingerprint density at radius 2 is 1.70 bits per heavy atom. The zero-order valence-corrected chi connectivity index (χ0v) is 16.4. The highest BCUT2D eigenvalue weighted by molar-refractivity contribution is 7.93. The zero-order chi connectivity index (χ0) is 19.2. The van der Waals surface area contributed by atoms with Crippen molar-refractivity contribution in [2.24, 2.45) is 0 Å². The summed E-state index contributed by atoms with van der Waals surface area (Å²) in [6, 6.07) is 14.6. The summed E-state index contributed by atoms with van der Waals surface area (Å²) in [6.07, 6.45) is 1.64. The number of hydrogen-bond donors (Lipinski definition) is 0. The van der Waals surface area contributed by atoms with E-state index in [2.05, 4.69) is 4.98 Å². The number of rotatable bonds is 3. The molecule has 2 heterocycles. The van der Waals surface area contributed by atoms with Gasteiger partial charge in [0.1, 0.15) is 14.9 Å². The van der Waals surface area contributed by atoms with Gasteiger partial charge in [-0.3, -0.25) is 0 Å². The predicted octanol–water partition coefficient (Wildman–Crippen LogP) is 5.55. The van der Waals surface area contributed by atoms with Crippen molar-refractivity contribution >= 4 is 31.4 Å². The largest absolute Gasteiger partial charge is 0.245 e. The first-order valence-corrected chi connectivity index (χ1v) is 10.6. The van der Waals surface area contributed by atoms with Gasteiger partial charge < -0.3 is 0 Å². The Morgan fingerprint density at radius 1 is 0.963 bits per heavy atom. The van der Waals surface area contributed by atoms with E-state index in [1.54, 1.807) is 36.5 Å². The van der Waals surface area contributed by atoms with Crippen LogP contribution in [0.5, 0.6) is 0 Å². The topological polar surface area (TPSA) is 47.0 Å². The molecule has 136 valence electrons. The number of aryl methyl sites for hydroxylation is 2. The maximum atomic E-state index is 13.4. The van der Waals surface area contributed by atoms with Crippen molar-refractivity contribution in [3.63, 3.8) is 0 Å². The lowest BCUT2D eigenvalue weighted by Crippen LogP contribution is -2.02. The zero-order valence-electron chi connectivity index (χ0n) is 14.7. The van der Waals surface area contributed by atoms with Crippen LogP contribution < -0.4 is 0 Å². The van der Waals surface area contributed by atoms with Gasteiger partial charge in [0.05, 0.1) is 4.90 Å². The van der Waals surface area contributed by atoms with E-state index in [0.29, 0.717) is 16.0 Å². The molecular formula is C21H16FNO2S2. The molecule has 0 saturated heterocycles. The van der Waals surface area contributed by atoms with E-state index in [1.165, 1.54) is 12.1 Å². The molecule has 4 aromatic rings. The van der Waals surface area contributed by atoms with Crippen LogP contribution in [0.3, 0.4) is 0 Å². The van der Waals surface area contributed by atoms with E-state index in [0.717, 1.165) is 27.8 Å². The Morgan fingerprint density at radius 3 is 2.41 bits per heavy atom. The summed E-state index contributed by atoms with van der Waals surface area (Å²) in [4.78, 5) is 5.21. The van der Waals surface area contributed by atoms with Crippen LogP contribution in [0, 0.1) is 19.7 Å². The smallest absolute Gasteiger partial charge is 0.216 e. The van der Waals surface area contributed by atoms with Crippen LogP contribution in [-0.2, 0) is 9.84 Å². The van der Waals surface area contributed by atoms with Gasteiger partial charge in [-0.05, 0) is 66.9 Å². The third kappa shape index (κ3) is 3.05. The lowest BCUT2D eigenvalue weighted by atomic mass is 10.1. The second-order valence-corrected chi connectivity index (χ2v) is 9.52. The van der Waals surface area contributed by atoms with E-state index >= 15 is 0 Å². The van der Waals surface area contributed by atoms with Gasteiger partial charge in [-0.2, -0.15) is 0 Å². The van der Waals surface area contributed by atoms with Gasteiger partial charge in [-0.15, -0.1) is 11.3 Å². The van der Waals surface area contributed by atoms with Gasteiger partial charge in [0.25, 0.3) is 0 Å². The molecule has 0 aliphatic heterocycles. The summed E-state index contributed by atoms with van der Waals surface area (Å²) in [5.41, 5.74) is 3.17. The summed E-state index contributed by atoms with van der Waals surface area (Å²) >= 11 is 1.14. The fourth-order valence-corrected chi connectivity index (χ4v) is 6.13. The standard InChI is InChI=1S/C21H16FNO2S2/c1-13-5-10-17(12-14(13)2)27(24,25)21-19(15-6-8-16(22)9-7-15)18-4-3-11-23-20(18)26-21/h3-12H,1-2H3. The first kappa shape index (κ1) is 17.8. The maximum Gasteiger partial charge on any atom is 0.216 e. The van der Waals surface area contributed by atoms with Gasteiger partial charge in [-0.1, -0.05) is 18.2 Å². The van der Waals surface area contributed by atoms with Gasteiger partial charge in [0.15, 0.2) is 0 Å².